The number of amides is 1. The minimum atomic E-state index is -0.231. The second kappa shape index (κ2) is 8.79. The van der Waals surface area contributed by atoms with Crippen molar-refractivity contribution in [3.63, 3.8) is 0 Å². The summed E-state index contributed by atoms with van der Waals surface area (Å²) in [5.41, 5.74) is 3.43. The van der Waals surface area contributed by atoms with Crippen LogP contribution in [0, 0.1) is 0 Å². The zero-order chi connectivity index (χ0) is 20.1. The van der Waals surface area contributed by atoms with Crippen LogP contribution in [0.25, 0.3) is 0 Å². The first-order valence-electron chi connectivity index (χ1n) is 9.18. The van der Waals surface area contributed by atoms with Crippen LogP contribution in [0.15, 0.2) is 88.2 Å². The molecule has 3 aromatic rings. The SMILES string of the molecule is CC1=Nc2ccccc2N=C(NC(=O)CSc2ncccn2)[C@H]1c1ccccc1. The smallest absolute Gasteiger partial charge is 0.235 e. The molecule has 0 bridgehead atoms. The van der Waals surface area contributed by atoms with Gasteiger partial charge < -0.3 is 5.32 Å². The lowest BCUT2D eigenvalue weighted by molar-refractivity contribution is -0.117. The topological polar surface area (TPSA) is 79.6 Å². The summed E-state index contributed by atoms with van der Waals surface area (Å²) in [6, 6.07) is 19.4. The summed E-state index contributed by atoms with van der Waals surface area (Å²) in [5, 5.41) is 3.57. The number of rotatable bonds is 4. The van der Waals surface area contributed by atoms with Crippen LogP contribution in [0.2, 0.25) is 0 Å². The van der Waals surface area contributed by atoms with Crippen molar-refractivity contribution in [1.29, 1.82) is 0 Å². The van der Waals surface area contributed by atoms with E-state index in [4.69, 9.17) is 9.98 Å². The van der Waals surface area contributed by atoms with Gasteiger partial charge >= 0.3 is 0 Å². The summed E-state index contributed by atoms with van der Waals surface area (Å²) in [5.74, 6) is 0.379. The molecule has 0 aliphatic carbocycles. The molecule has 0 fully saturated rings. The lowest BCUT2D eigenvalue weighted by atomic mass is 9.93. The summed E-state index contributed by atoms with van der Waals surface area (Å²) < 4.78 is 0. The first-order valence-corrected chi connectivity index (χ1v) is 10.2. The number of thioether (sulfide) groups is 1. The highest BCUT2D eigenvalue weighted by atomic mass is 32.2. The number of hydrogen-bond acceptors (Lipinski definition) is 6. The molecule has 0 spiro atoms. The highest BCUT2D eigenvalue weighted by Crippen LogP contribution is 2.34. The molecule has 1 aromatic heterocycles. The van der Waals surface area contributed by atoms with E-state index < -0.39 is 0 Å². The first-order chi connectivity index (χ1) is 14.2. The lowest BCUT2D eigenvalue weighted by Gasteiger charge is -2.19. The van der Waals surface area contributed by atoms with Crippen LogP contribution in [0.4, 0.5) is 11.4 Å². The van der Waals surface area contributed by atoms with Gasteiger partial charge in [-0.25, -0.2) is 15.0 Å². The number of aromatic nitrogens is 2. The van der Waals surface area contributed by atoms with Crippen molar-refractivity contribution < 1.29 is 4.79 Å². The first kappa shape index (κ1) is 19.0. The van der Waals surface area contributed by atoms with Crippen LogP contribution in [-0.2, 0) is 4.79 Å². The van der Waals surface area contributed by atoms with E-state index in [-0.39, 0.29) is 17.6 Å². The number of nitrogens with one attached hydrogen (secondary N) is 1. The minimum absolute atomic E-state index is 0.158. The second-order valence-corrected chi connectivity index (χ2v) is 7.39. The van der Waals surface area contributed by atoms with Crippen LogP contribution in [0.3, 0.4) is 0 Å². The Labute approximate surface area is 173 Å². The maximum absolute atomic E-state index is 12.7. The van der Waals surface area contributed by atoms with Gasteiger partial charge in [0.1, 0.15) is 5.84 Å². The van der Waals surface area contributed by atoms with Crippen molar-refractivity contribution in [1.82, 2.24) is 15.3 Å². The Balaban J connectivity index is 1.63. The largest absolute Gasteiger partial charge is 0.313 e. The van der Waals surface area contributed by atoms with Gasteiger partial charge in [-0.1, -0.05) is 54.2 Å². The molecule has 0 saturated heterocycles. The fraction of sp³-hybridized carbons (Fsp3) is 0.136. The number of carbonyl (C=O) groups excluding carboxylic acids is 1. The summed E-state index contributed by atoms with van der Waals surface area (Å²) in [6.45, 7) is 1.97. The van der Waals surface area contributed by atoms with E-state index in [1.54, 1.807) is 18.5 Å². The average Bonchev–Trinajstić information content (AvgIpc) is 2.89. The monoisotopic (exact) mass is 401 g/mol. The number of hydrogen-bond donors (Lipinski definition) is 1. The molecule has 0 radical (unpaired) electrons. The molecule has 1 atom stereocenters. The Hall–Kier alpha value is -3.32. The summed E-state index contributed by atoms with van der Waals surface area (Å²) >= 11 is 1.29. The maximum Gasteiger partial charge on any atom is 0.235 e. The van der Waals surface area contributed by atoms with E-state index >= 15 is 0 Å². The van der Waals surface area contributed by atoms with Gasteiger partial charge in [0.05, 0.1) is 23.0 Å². The molecule has 2 aromatic carbocycles. The molecule has 1 amide bonds. The Morgan fingerprint density at radius 3 is 2.31 bits per heavy atom. The zero-order valence-corrected chi connectivity index (χ0v) is 16.6. The molecule has 0 unspecified atom stereocenters. The minimum Gasteiger partial charge on any atom is -0.313 e. The number of amidine groups is 1. The zero-order valence-electron chi connectivity index (χ0n) is 15.8. The molecular formula is C22H19N5OS. The predicted molar refractivity (Wildman–Crippen MR) is 116 cm³/mol. The summed E-state index contributed by atoms with van der Waals surface area (Å²) in [7, 11) is 0. The van der Waals surface area contributed by atoms with Gasteiger partial charge in [-0.15, -0.1) is 0 Å². The Morgan fingerprint density at radius 2 is 1.59 bits per heavy atom. The molecule has 7 heteroatoms. The van der Waals surface area contributed by atoms with Gasteiger partial charge in [0.25, 0.3) is 0 Å². The van der Waals surface area contributed by atoms with Gasteiger partial charge in [-0.3, -0.25) is 9.79 Å². The fourth-order valence-electron chi connectivity index (χ4n) is 3.11. The van der Waals surface area contributed by atoms with Crippen LogP contribution < -0.4 is 5.32 Å². The van der Waals surface area contributed by atoms with Crippen LogP contribution in [0.1, 0.15) is 18.4 Å². The Bertz CT molecular complexity index is 1070. The third kappa shape index (κ3) is 4.57. The van der Waals surface area contributed by atoms with Crippen molar-refractivity contribution in [3.8, 4) is 0 Å². The molecule has 1 N–H and O–H groups in total. The molecule has 1 aliphatic rings. The molecule has 4 rings (SSSR count). The number of benzene rings is 2. The van der Waals surface area contributed by atoms with E-state index in [0.717, 1.165) is 22.6 Å². The number of carbonyl (C=O) groups is 1. The fourth-order valence-corrected chi connectivity index (χ4v) is 3.72. The standard InChI is InChI=1S/C22H19N5OS/c1-15-20(16-8-3-2-4-9-16)21(26-18-11-6-5-10-17(18)25-15)27-19(28)14-29-22-23-12-7-13-24-22/h2-13,20H,14H2,1H3,(H,26,27,28)/t20-/m1/s1. The van der Waals surface area contributed by atoms with Gasteiger partial charge in [-0.2, -0.15) is 0 Å². The lowest BCUT2D eigenvalue weighted by Crippen LogP contribution is -2.38. The molecule has 6 nitrogen and oxygen atoms in total. The second-order valence-electron chi connectivity index (χ2n) is 6.45. The van der Waals surface area contributed by atoms with Gasteiger partial charge in [0.2, 0.25) is 5.91 Å². The van der Waals surface area contributed by atoms with Gasteiger partial charge in [-0.05, 0) is 30.7 Å². The van der Waals surface area contributed by atoms with Crippen molar-refractivity contribution in [2.75, 3.05) is 5.75 Å². The average molecular weight is 401 g/mol. The van der Waals surface area contributed by atoms with Crippen molar-refractivity contribution in [2.24, 2.45) is 9.98 Å². The Morgan fingerprint density at radius 1 is 0.931 bits per heavy atom. The molecule has 29 heavy (non-hydrogen) atoms. The molecule has 1 aliphatic heterocycles. The highest BCUT2D eigenvalue weighted by molar-refractivity contribution is 7.99. The number of nitrogens with zero attached hydrogens (tertiary/aromatic N) is 4. The third-order valence-electron chi connectivity index (χ3n) is 4.39. The molecule has 144 valence electrons. The quantitative estimate of drug-likeness (QED) is 0.522. The number of fused-ring (bicyclic) bond motifs is 1. The number of para-hydroxylation sites is 2. The molecule has 0 saturated carbocycles. The van der Waals surface area contributed by atoms with E-state index in [1.165, 1.54) is 11.8 Å². The van der Waals surface area contributed by atoms with E-state index in [9.17, 15) is 4.79 Å². The predicted octanol–water partition coefficient (Wildman–Crippen LogP) is 4.30. The van der Waals surface area contributed by atoms with Crippen molar-refractivity contribution in [2.45, 2.75) is 18.0 Å². The van der Waals surface area contributed by atoms with Crippen molar-refractivity contribution >= 4 is 40.6 Å². The van der Waals surface area contributed by atoms with E-state index in [1.807, 2.05) is 61.5 Å². The summed E-state index contributed by atoms with van der Waals surface area (Å²) in [4.78, 5) is 30.5. The van der Waals surface area contributed by atoms with Gasteiger partial charge in [0, 0.05) is 18.1 Å². The molecular weight excluding hydrogens is 382 g/mol. The third-order valence-corrected chi connectivity index (χ3v) is 5.26. The maximum atomic E-state index is 12.7. The van der Waals surface area contributed by atoms with Crippen LogP contribution in [0.5, 0.6) is 0 Å². The van der Waals surface area contributed by atoms with Crippen LogP contribution in [-0.4, -0.2) is 33.2 Å². The normalized spacial score (nSPS) is 15.6. The van der Waals surface area contributed by atoms with Crippen molar-refractivity contribution in [3.05, 3.63) is 78.6 Å². The van der Waals surface area contributed by atoms with E-state index in [2.05, 4.69) is 15.3 Å². The van der Waals surface area contributed by atoms with Crippen LogP contribution >= 0.6 is 11.8 Å². The molecule has 2 heterocycles. The highest BCUT2D eigenvalue weighted by Gasteiger charge is 2.26. The number of aliphatic imine (C=N–C) groups is 2. The Kier molecular flexibility index (Phi) is 5.76. The van der Waals surface area contributed by atoms with Gasteiger partial charge in [0.15, 0.2) is 5.16 Å². The van der Waals surface area contributed by atoms with E-state index in [0.29, 0.717) is 11.0 Å². The summed E-state index contributed by atoms with van der Waals surface area (Å²) in [6.07, 6.45) is 3.32.